The van der Waals surface area contributed by atoms with Crippen molar-refractivity contribution in [2.24, 2.45) is 0 Å². The van der Waals surface area contributed by atoms with E-state index in [4.69, 9.17) is 5.11 Å². The van der Waals surface area contributed by atoms with Gasteiger partial charge in [0.1, 0.15) is 0 Å². The molecule has 0 bridgehead atoms. The third-order valence-corrected chi connectivity index (χ3v) is 4.14. The van der Waals surface area contributed by atoms with Crippen molar-refractivity contribution < 1.29 is 9.90 Å². The number of carboxylic acids is 1. The Labute approximate surface area is 123 Å². The first-order chi connectivity index (χ1) is 9.66. The van der Waals surface area contributed by atoms with E-state index in [9.17, 15) is 4.79 Å². The number of nitrogens with one attached hydrogen (secondary N) is 1. The van der Waals surface area contributed by atoms with Crippen LogP contribution in [0.25, 0.3) is 0 Å². The minimum Gasteiger partial charge on any atom is -0.481 e. The average Bonchev–Trinajstić information content (AvgIpc) is 2.97. The van der Waals surface area contributed by atoms with Gasteiger partial charge in [0, 0.05) is 17.3 Å². The van der Waals surface area contributed by atoms with Crippen molar-refractivity contribution >= 4 is 17.3 Å². The van der Waals surface area contributed by atoms with Gasteiger partial charge >= 0.3 is 5.97 Å². The van der Waals surface area contributed by atoms with Gasteiger partial charge in [0.15, 0.2) is 0 Å². The zero-order valence-electron chi connectivity index (χ0n) is 11.5. The van der Waals surface area contributed by atoms with E-state index in [1.165, 1.54) is 10.4 Å². The lowest BCUT2D eigenvalue weighted by atomic mass is 10.0. The fourth-order valence-corrected chi connectivity index (χ4v) is 2.96. The fourth-order valence-electron chi connectivity index (χ4n) is 2.15. The summed E-state index contributed by atoms with van der Waals surface area (Å²) in [5.74, 6) is -0.744. The summed E-state index contributed by atoms with van der Waals surface area (Å²) in [6, 6.07) is 14.7. The van der Waals surface area contributed by atoms with Gasteiger partial charge in [0.2, 0.25) is 0 Å². The van der Waals surface area contributed by atoms with Crippen LogP contribution in [0.2, 0.25) is 0 Å². The highest BCUT2D eigenvalue weighted by molar-refractivity contribution is 7.10. The molecule has 2 N–H and O–H groups in total. The molecular weight excluding hydrogens is 270 g/mol. The second-order valence-corrected chi connectivity index (χ2v) is 5.84. The van der Waals surface area contributed by atoms with Gasteiger partial charge in [0.25, 0.3) is 0 Å². The monoisotopic (exact) mass is 289 g/mol. The average molecular weight is 289 g/mol. The second-order valence-electron chi connectivity index (χ2n) is 4.86. The summed E-state index contributed by atoms with van der Waals surface area (Å²) in [5, 5.41) is 14.4. The first kappa shape index (κ1) is 14.8. The molecular formula is C16H19NO2S. The molecule has 1 aromatic carbocycles. The summed E-state index contributed by atoms with van der Waals surface area (Å²) in [6.45, 7) is 2.03. The zero-order valence-corrected chi connectivity index (χ0v) is 12.3. The lowest BCUT2D eigenvalue weighted by Crippen LogP contribution is -2.31. The fraction of sp³-hybridized carbons (Fsp3) is 0.312. The van der Waals surface area contributed by atoms with Crippen molar-refractivity contribution in [3.05, 3.63) is 58.3 Å². The van der Waals surface area contributed by atoms with Crippen molar-refractivity contribution in [3.8, 4) is 0 Å². The van der Waals surface area contributed by atoms with E-state index < -0.39 is 5.97 Å². The molecule has 2 aromatic rings. The van der Waals surface area contributed by atoms with Crippen LogP contribution >= 0.6 is 11.3 Å². The SMILES string of the molecule is CC(CCC(=O)O)NC(c1ccccc1)c1cccs1. The third kappa shape index (κ3) is 4.18. The Kier molecular flexibility index (Phi) is 5.32. The first-order valence-electron chi connectivity index (χ1n) is 6.73. The molecule has 1 heterocycles. The standard InChI is InChI=1S/C16H19NO2S/c1-12(9-10-15(18)19)17-16(14-8-5-11-20-14)13-6-3-2-4-7-13/h2-8,11-12,16-17H,9-10H2,1H3,(H,18,19). The summed E-state index contributed by atoms with van der Waals surface area (Å²) in [5.41, 5.74) is 1.21. The highest BCUT2D eigenvalue weighted by Gasteiger charge is 2.17. The molecule has 106 valence electrons. The summed E-state index contributed by atoms with van der Waals surface area (Å²) >= 11 is 1.71. The maximum atomic E-state index is 10.7. The molecule has 0 aliphatic carbocycles. The molecule has 2 rings (SSSR count). The minimum absolute atomic E-state index is 0.125. The van der Waals surface area contributed by atoms with Gasteiger partial charge in [-0.15, -0.1) is 11.3 Å². The number of carboxylic acid groups (broad SMARTS) is 1. The van der Waals surface area contributed by atoms with Crippen LogP contribution in [0.3, 0.4) is 0 Å². The third-order valence-electron chi connectivity index (χ3n) is 3.20. The zero-order chi connectivity index (χ0) is 14.4. The van der Waals surface area contributed by atoms with Crippen molar-refractivity contribution in [2.75, 3.05) is 0 Å². The van der Waals surface area contributed by atoms with E-state index in [-0.39, 0.29) is 18.5 Å². The number of benzene rings is 1. The van der Waals surface area contributed by atoms with Crippen LogP contribution in [-0.2, 0) is 4.79 Å². The quantitative estimate of drug-likeness (QED) is 0.817. The molecule has 0 aliphatic heterocycles. The Morgan fingerprint density at radius 2 is 2.00 bits per heavy atom. The highest BCUT2D eigenvalue weighted by Crippen LogP contribution is 2.26. The number of hydrogen-bond acceptors (Lipinski definition) is 3. The number of carbonyl (C=O) groups is 1. The largest absolute Gasteiger partial charge is 0.481 e. The van der Waals surface area contributed by atoms with E-state index in [1.54, 1.807) is 11.3 Å². The lowest BCUT2D eigenvalue weighted by Gasteiger charge is -2.22. The predicted octanol–water partition coefficient (Wildman–Crippen LogP) is 3.68. The summed E-state index contributed by atoms with van der Waals surface area (Å²) < 4.78 is 0. The number of rotatable bonds is 7. The molecule has 4 heteroatoms. The van der Waals surface area contributed by atoms with Gasteiger partial charge in [-0.2, -0.15) is 0 Å². The molecule has 0 saturated carbocycles. The number of thiophene rings is 1. The second kappa shape index (κ2) is 7.22. The Morgan fingerprint density at radius 3 is 2.60 bits per heavy atom. The molecule has 2 atom stereocenters. The van der Waals surface area contributed by atoms with E-state index in [2.05, 4.69) is 28.9 Å². The van der Waals surface area contributed by atoms with Crippen molar-refractivity contribution in [1.82, 2.24) is 5.32 Å². The Hall–Kier alpha value is -1.65. The van der Waals surface area contributed by atoms with E-state index in [0.29, 0.717) is 6.42 Å². The lowest BCUT2D eigenvalue weighted by molar-refractivity contribution is -0.137. The molecule has 0 spiro atoms. The van der Waals surface area contributed by atoms with Crippen LogP contribution < -0.4 is 5.32 Å². The van der Waals surface area contributed by atoms with E-state index in [0.717, 1.165) is 0 Å². The van der Waals surface area contributed by atoms with Gasteiger partial charge in [-0.3, -0.25) is 4.79 Å². The van der Waals surface area contributed by atoms with Gasteiger partial charge < -0.3 is 10.4 Å². The molecule has 3 nitrogen and oxygen atoms in total. The maximum Gasteiger partial charge on any atom is 0.303 e. The van der Waals surface area contributed by atoms with Crippen LogP contribution in [0, 0.1) is 0 Å². The van der Waals surface area contributed by atoms with Crippen molar-refractivity contribution in [1.29, 1.82) is 0 Å². The van der Waals surface area contributed by atoms with Crippen LogP contribution in [0.5, 0.6) is 0 Å². The molecule has 0 fully saturated rings. The summed E-state index contributed by atoms with van der Waals surface area (Å²) in [7, 11) is 0. The molecule has 0 amide bonds. The van der Waals surface area contributed by atoms with Crippen LogP contribution in [0.1, 0.15) is 36.2 Å². The molecule has 1 aromatic heterocycles. The minimum atomic E-state index is -0.744. The van der Waals surface area contributed by atoms with Gasteiger partial charge in [0.05, 0.1) is 6.04 Å². The topological polar surface area (TPSA) is 49.3 Å². The van der Waals surface area contributed by atoms with Gasteiger partial charge in [-0.1, -0.05) is 36.4 Å². The molecule has 0 radical (unpaired) electrons. The summed E-state index contributed by atoms with van der Waals surface area (Å²) in [4.78, 5) is 11.9. The van der Waals surface area contributed by atoms with Crippen LogP contribution in [-0.4, -0.2) is 17.1 Å². The first-order valence-corrected chi connectivity index (χ1v) is 7.61. The molecule has 2 unspecified atom stereocenters. The van der Waals surface area contributed by atoms with Gasteiger partial charge in [-0.25, -0.2) is 0 Å². The van der Waals surface area contributed by atoms with Crippen molar-refractivity contribution in [2.45, 2.75) is 31.8 Å². The van der Waals surface area contributed by atoms with Crippen LogP contribution in [0.4, 0.5) is 0 Å². The molecule has 20 heavy (non-hydrogen) atoms. The number of aliphatic carboxylic acids is 1. The Morgan fingerprint density at radius 1 is 1.25 bits per heavy atom. The van der Waals surface area contributed by atoms with E-state index in [1.807, 2.05) is 31.2 Å². The van der Waals surface area contributed by atoms with Crippen molar-refractivity contribution in [3.63, 3.8) is 0 Å². The van der Waals surface area contributed by atoms with Gasteiger partial charge in [-0.05, 0) is 30.4 Å². The number of hydrogen-bond donors (Lipinski definition) is 2. The Bertz CT molecular complexity index is 525. The normalized spacial score (nSPS) is 13.8. The Balaban J connectivity index is 2.10. The smallest absolute Gasteiger partial charge is 0.303 e. The maximum absolute atomic E-state index is 10.7. The summed E-state index contributed by atoms with van der Waals surface area (Å²) in [6.07, 6.45) is 0.824. The molecule has 0 saturated heterocycles. The predicted molar refractivity (Wildman–Crippen MR) is 82.1 cm³/mol. The van der Waals surface area contributed by atoms with Crippen LogP contribution in [0.15, 0.2) is 47.8 Å². The highest BCUT2D eigenvalue weighted by atomic mass is 32.1. The molecule has 0 aliphatic rings. The van der Waals surface area contributed by atoms with E-state index >= 15 is 0 Å².